The van der Waals surface area contributed by atoms with Gasteiger partial charge in [-0.05, 0) is 162 Å². The number of fused-ring (bicyclic) bond motifs is 6. The Hall–Kier alpha value is -6.73. The molecular formula is C65H77N7. The Labute approximate surface area is 431 Å². The Morgan fingerprint density at radius 1 is 0.333 bits per heavy atom. The van der Waals surface area contributed by atoms with Gasteiger partial charge in [-0.2, -0.15) is 0 Å². The molecule has 0 bridgehead atoms. The van der Waals surface area contributed by atoms with Gasteiger partial charge in [-0.1, -0.05) is 130 Å². The van der Waals surface area contributed by atoms with E-state index in [1.54, 1.807) is 0 Å². The predicted octanol–water partition coefficient (Wildman–Crippen LogP) is 15.0. The summed E-state index contributed by atoms with van der Waals surface area (Å²) in [5, 5.41) is 0. The third kappa shape index (κ3) is 14.2. The monoisotopic (exact) mass is 956 g/mol. The average Bonchev–Trinajstić information content (AvgIpc) is 4.25. The number of aromatic nitrogens is 7. The van der Waals surface area contributed by atoms with Crippen molar-refractivity contribution in [2.24, 2.45) is 0 Å². The summed E-state index contributed by atoms with van der Waals surface area (Å²) in [6, 6.07) is 15.6. The largest absolute Gasteiger partial charge is 0.261 e. The molecule has 0 saturated carbocycles. The van der Waals surface area contributed by atoms with Gasteiger partial charge in [0.05, 0.1) is 34.2 Å². The molecular weight excluding hydrogens is 879 g/mol. The highest BCUT2D eigenvalue weighted by molar-refractivity contribution is 5.65. The minimum absolute atomic E-state index is 0.923. The van der Waals surface area contributed by atoms with E-state index >= 15 is 0 Å². The summed E-state index contributed by atoms with van der Waals surface area (Å²) in [5.41, 5.74) is 30.2. The summed E-state index contributed by atoms with van der Waals surface area (Å²) in [6.07, 6.45) is 33.5. The van der Waals surface area contributed by atoms with Gasteiger partial charge in [0.1, 0.15) is 5.82 Å². The van der Waals surface area contributed by atoms with E-state index in [2.05, 4.69) is 197 Å². The third-order valence-corrected chi connectivity index (χ3v) is 13.6. The molecule has 6 aliphatic carbocycles. The Kier molecular flexibility index (Phi) is 18.5. The molecule has 7 nitrogen and oxygen atoms in total. The van der Waals surface area contributed by atoms with Gasteiger partial charge in [0.15, 0.2) is 0 Å². The van der Waals surface area contributed by atoms with E-state index in [1.165, 1.54) is 112 Å². The minimum atomic E-state index is 0.923. The highest BCUT2D eigenvalue weighted by Crippen LogP contribution is 2.28. The normalized spacial score (nSPS) is 14.3. The van der Waals surface area contributed by atoms with Crippen LogP contribution in [0.2, 0.25) is 0 Å². The van der Waals surface area contributed by atoms with Crippen LogP contribution in [0, 0.1) is 0 Å². The molecule has 5 aromatic heterocycles. The second-order valence-electron chi connectivity index (χ2n) is 20.1. The van der Waals surface area contributed by atoms with Gasteiger partial charge < -0.3 is 0 Å². The summed E-state index contributed by atoms with van der Waals surface area (Å²) in [5.74, 6) is 0.955. The molecule has 0 radical (unpaired) electrons. The quantitative estimate of drug-likeness (QED) is 0.164. The first kappa shape index (κ1) is 53.1. The maximum atomic E-state index is 4.57. The van der Waals surface area contributed by atoms with Crippen molar-refractivity contribution in [3.05, 3.63) is 202 Å². The van der Waals surface area contributed by atoms with Crippen LogP contribution in [0.4, 0.5) is 0 Å². The van der Waals surface area contributed by atoms with Crippen LogP contribution in [-0.2, 0) is 77.0 Å². The van der Waals surface area contributed by atoms with Gasteiger partial charge in [0, 0.05) is 67.4 Å². The minimum Gasteiger partial charge on any atom is -0.261 e. The Bertz CT molecular complexity index is 2560. The van der Waals surface area contributed by atoms with Gasteiger partial charge in [-0.25, -0.2) is 9.97 Å². The van der Waals surface area contributed by atoms with E-state index in [9.17, 15) is 0 Å². The van der Waals surface area contributed by atoms with E-state index < -0.39 is 0 Å². The lowest BCUT2D eigenvalue weighted by Gasteiger charge is -2.01. The van der Waals surface area contributed by atoms with Gasteiger partial charge in [-0.15, -0.1) is 0 Å². The maximum absolute atomic E-state index is 4.57. The number of pyridine rings is 3. The van der Waals surface area contributed by atoms with Crippen LogP contribution in [0.1, 0.15) is 185 Å². The first-order valence-electron chi connectivity index (χ1n) is 26.5. The number of aryl methyl sites for hydroxylation is 6. The van der Waals surface area contributed by atoms with E-state index in [-0.39, 0.29) is 0 Å². The molecule has 372 valence electrons. The first-order valence-corrected chi connectivity index (χ1v) is 26.5. The molecule has 0 atom stereocenters. The summed E-state index contributed by atoms with van der Waals surface area (Å²) >= 11 is 0. The molecule has 72 heavy (non-hydrogen) atoms. The second kappa shape index (κ2) is 25.1. The smallest absolute Gasteiger partial charge is 0.128 e. The van der Waals surface area contributed by atoms with Crippen molar-refractivity contribution in [2.75, 3.05) is 0 Å². The zero-order valence-electron chi connectivity index (χ0n) is 45.4. The molecule has 6 aliphatic rings. The van der Waals surface area contributed by atoms with Gasteiger partial charge in [-0.3, -0.25) is 24.9 Å². The zero-order valence-corrected chi connectivity index (χ0v) is 45.4. The molecule has 12 rings (SSSR count). The molecule has 1 aromatic carbocycles. The lowest BCUT2D eigenvalue weighted by Crippen LogP contribution is -1.97. The van der Waals surface area contributed by atoms with Crippen LogP contribution in [-0.4, -0.2) is 34.9 Å². The van der Waals surface area contributed by atoms with Crippen LogP contribution in [0.5, 0.6) is 0 Å². The highest BCUT2D eigenvalue weighted by Gasteiger charge is 2.15. The number of benzene rings is 1. The van der Waals surface area contributed by atoms with Crippen LogP contribution in [0.15, 0.2) is 101 Å². The summed E-state index contributed by atoms with van der Waals surface area (Å²) < 4.78 is 0. The van der Waals surface area contributed by atoms with Crippen LogP contribution in [0.25, 0.3) is 36.5 Å². The lowest BCUT2D eigenvalue weighted by atomic mass is 10.0. The van der Waals surface area contributed by atoms with E-state index in [1.807, 2.05) is 24.8 Å². The van der Waals surface area contributed by atoms with Gasteiger partial charge in [0.2, 0.25) is 0 Å². The number of rotatable bonds is 6. The SMILES string of the molecule is CCc1cc2c(cn1)C=C(C)C2.CCc1ccc2c(c1)CC(C)=C2.CCc1ccc2c(n1)CC(C)=C2.CCc1cnc2c(c1)CC(C)=C2.CCc1cnc2c(n1)CC(C)=C2.CCc1ncc2c(n1)CC(C)=C2. The number of allylic oxidation sites excluding steroid dienone is 6. The molecule has 0 aliphatic heterocycles. The Balaban J connectivity index is 0.000000127. The Morgan fingerprint density at radius 3 is 1.54 bits per heavy atom. The van der Waals surface area contributed by atoms with Crippen molar-refractivity contribution in [2.45, 2.75) is 160 Å². The van der Waals surface area contributed by atoms with Crippen LogP contribution < -0.4 is 0 Å². The number of hydrogen-bond acceptors (Lipinski definition) is 7. The maximum Gasteiger partial charge on any atom is 0.128 e. The fourth-order valence-corrected chi connectivity index (χ4v) is 9.60. The average molecular weight is 956 g/mol. The van der Waals surface area contributed by atoms with E-state index in [0.29, 0.717) is 0 Å². The van der Waals surface area contributed by atoms with Crippen molar-refractivity contribution in [1.82, 2.24) is 34.9 Å². The lowest BCUT2D eigenvalue weighted by molar-refractivity contribution is 0.900. The van der Waals surface area contributed by atoms with Crippen molar-refractivity contribution in [3.63, 3.8) is 0 Å². The zero-order chi connectivity index (χ0) is 51.3. The molecule has 0 amide bonds. The fourth-order valence-electron chi connectivity index (χ4n) is 9.60. The molecule has 6 aromatic rings. The van der Waals surface area contributed by atoms with Crippen molar-refractivity contribution in [1.29, 1.82) is 0 Å². The van der Waals surface area contributed by atoms with E-state index in [0.717, 1.165) is 100.0 Å². The Morgan fingerprint density at radius 2 is 0.847 bits per heavy atom. The standard InChI is InChI=1S/C12H14.3C11H13N.2C10H12N2/c1-3-10-4-5-11-6-9(2)7-12(11)8-10;1-3-11-6-9-4-8(2)5-10(9)7-12-11;1-3-9-6-10-4-8(2)5-11(10)12-7-9;1-3-10-5-4-9-6-8(2)7-11(9)12-10;1-3-10-11-6-8-4-7(2)5-9(8)12-10;1-3-8-6-11-9-4-7(2)5-10(9)12-8/h4-6,8H,3,7H2,1-2H3;2*5-7H,3-4H2,1-2H3;4-6H,3,7H2,1-2H3;2*4,6H,3,5H2,1-2H3. The first-order chi connectivity index (χ1) is 34.8. The summed E-state index contributed by atoms with van der Waals surface area (Å²) in [4.78, 5) is 30.9. The molecule has 7 heteroatoms. The molecule has 0 spiro atoms. The third-order valence-electron chi connectivity index (χ3n) is 13.6. The van der Waals surface area contributed by atoms with Gasteiger partial charge in [0.25, 0.3) is 0 Å². The molecule has 0 fully saturated rings. The summed E-state index contributed by atoms with van der Waals surface area (Å²) in [7, 11) is 0. The summed E-state index contributed by atoms with van der Waals surface area (Å²) in [6.45, 7) is 25.8. The van der Waals surface area contributed by atoms with Gasteiger partial charge >= 0.3 is 0 Å². The van der Waals surface area contributed by atoms with Crippen LogP contribution >= 0.6 is 0 Å². The predicted molar refractivity (Wildman–Crippen MR) is 304 cm³/mol. The van der Waals surface area contributed by atoms with E-state index in [4.69, 9.17) is 0 Å². The van der Waals surface area contributed by atoms with Crippen molar-refractivity contribution >= 4 is 36.5 Å². The van der Waals surface area contributed by atoms with Crippen LogP contribution in [0.3, 0.4) is 0 Å². The molecule has 0 N–H and O–H groups in total. The topological polar surface area (TPSA) is 90.2 Å². The number of nitrogens with zero attached hydrogens (tertiary/aromatic N) is 7. The second-order valence-corrected chi connectivity index (χ2v) is 20.1. The van der Waals surface area contributed by atoms with Crippen molar-refractivity contribution < 1.29 is 0 Å². The fraction of sp³-hybridized carbons (Fsp3) is 0.369. The molecule has 0 unspecified atom stereocenters. The van der Waals surface area contributed by atoms with Crippen molar-refractivity contribution in [3.8, 4) is 0 Å². The molecule has 0 saturated heterocycles. The number of hydrogen-bond donors (Lipinski definition) is 0. The molecule has 5 heterocycles. The highest BCUT2D eigenvalue weighted by atomic mass is 14.9.